The number of hydrogen-bond acceptors (Lipinski definition) is 2. The van der Waals surface area contributed by atoms with E-state index in [-0.39, 0.29) is 0 Å². The third-order valence-electron chi connectivity index (χ3n) is 0.937. The van der Waals surface area contributed by atoms with Gasteiger partial charge in [0.1, 0.15) is 5.60 Å². The number of aldehydes is 1. The van der Waals surface area contributed by atoms with Crippen molar-refractivity contribution in [1.29, 1.82) is 0 Å². The second kappa shape index (κ2) is 4.08. The minimum Gasteiger partial charge on any atom is -0.363 e. The van der Waals surface area contributed by atoms with Crippen LogP contribution in [0.4, 0.5) is 0 Å². The highest BCUT2D eigenvalue weighted by molar-refractivity contribution is 5.72. The van der Waals surface area contributed by atoms with E-state index in [4.69, 9.17) is 4.74 Å². The monoisotopic (exact) mass is 140 g/mol. The molecular formula is C8H12O2. The van der Waals surface area contributed by atoms with Gasteiger partial charge in [-0.05, 0) is 26.7 Å². The van der Waals surface area contributed by atoms with Crippen LogP contribution in [0.5, 0.6) is 0 Å². The molecule has 0 heterocycles. The molecule has 0 aromatic rings. The van der Waals surface area contributed by atoms with Crippen LogP contribution in [0.3, 0.4) is 0 Å². The first-order chi connectivity index (χ1) is 4.62. The quantitative estimate of drug-likeness (QED) is 0.422. The number of rotatable bonds is 2. The van der Waals surface area contributed by atoms with Crippen molar-refractivity contribution in [2.24, 2.45) is 0 Å². The van der Waals surface area contributed by atoms with E-state index in [9.17, 15) is 4.79 Å². The Morgan fingerprint density at radius 3 is 2.60 bits per heavy atom. The molecule has 0 aliphatic heterocycles. The van der Waals surface area contributed by atoms with Crippen molar-refractivity contribution >= 4 is 6.29 Å². The van der Waals surface area contributed by atoms with E-state index < -0.39 is 5.60 Å². The Morgan fingerprint density at radius 2 is 2.20 bits per heavy atom. The van der Waals surface area contributed by atoms with E-state index in [0.717, 1.165) is 0 Å². The fourth-order valence-electron chi connectivity index (χ4n) is 0.600. The Kier molecular flexibility index (Phi) is 3.75. The SMILES string of the molecule is CCOC(C)(C)C#CC=O. The van der Waals surface area contributed by atoms with Gasteiger partial charge in [0.15, 0.2) is 6.29 Å². The lowest BCUT2D eigenvalue weighted by Crippen LogP contribution is -2.21. The molecule has 0 saturated heterocycles. The van der Waals surface area contributed by atoms with Crippen LogP contribution in [0.25, 0.3) is 0 Å². The van der Waals surface area contributed by atoms with E-state index in [1.165, 1.54) is 0 Å². The number of carbonyl (C=O) groups excluding carboxylic acids is 1. The van der Waals surface area contributed by atoms with Gasteiger partial charge in [0.25, 0.3) is 0 Å². The fraction of sp³-hybridized carbons (Fsp3) is 0.625. The normalized spacial score (nSPS) is 9.90. The third kappa shape index (κ3) is 4.11. The van der Waals surface area contributed by atoms with Gasteiger partial charge in [0.2, 0.25) is 0 Å². The van der Waals surface area contributed by atoms with Crippen molar-refractivity contribution in [3.05, 3.63) is 0 Å². The lowest BCUT2D eigenvalue weighted by Gasteiger charge is -2.16. The largest absolute Gasteiger partial charge is 0.363 e. The minimum atomic E-state index is -0.490. The Labute approximate surface area is 61.6 Å². The summed E-state index contributed by atoms with van der Waals surface area (Å²) in [6.07, 6.45) is 0.570. The average Bonchev–Trinajstić information content (AvgIpc) is 1.84. The summed E-state index contributed by atoms with van der Waals surface area (Å²) in [5.41, 5.74) is -0.490. The molecule has 2 nitrogen and oxygen atoms in total. The molecular weight excluding hydrogens is 128 g/mol. The van der Waals surface area contributed by atoms with Crippen LogP contribution in [-0.4, -0.2) is 18.5 Å². The average molecular weight is 140 g/mol. The number of carbonyl (C=O) groups is 1. The first-order valence-corrected chi connectivity index (χ1v) is 3.22. The molecule has 0 aliphatic carbocycles. The molecule has 0 atom stereocenters. The molecule has 0 aliphatic rings. The summed E-state index contributed by atoms with van der Waals surface area (Å²) in [6.45, 7) is 6.16. The first-order valence-electron chi connectivity index (χ1n) is 3.22. The van der Waals surface area contributed by atoms with E-state index in [1.54, 1.807) is 0 Å². The molecule has 0 spiro atoms. The van der Waals surface area contributed by atoms with Gasteiger partial charge in [-0.25, -0.2) is 0 Å². The molecule has 0 fully saturated rings. The zero-order valence-electron chi connectivity index (χ0n) is 6.60. The summed E-state index contributed by atoms with van der Waals surface area (Å²) >= 11 is 0. The van der Waals surface area contributed by atoms with Gasteiger partial charge in [-0.3, -0.25) is 4.79 Å². The summed E-state index contributed by atoms with van der Waals surface area (Å²) in [4.78, 5) is 9.83. The first kappa shape index (κ1) is 9.19. The summed E-state index contributed by atoms with van der Waals surface area (Å²) in [7, 11) is 0. The van der Waals surface area contributed by atoms with Crippen LogP contribution in [-0.2, 0) is 9.53 Å². The minimum absolute atomic E-state index is 0.490. The standard InChI is InChI=1S/C8H12O2/c1-4-10-8(2,3)6-5-7-9/h7H,4H2,1-3H3. The van der Waals surface area contributed by atoms with Crippen molar-refractivity contribution in [3.8, 4) is 11.8 Å². The van der Waals surface area contributed by atoms with Gasteiger partial charge >= 0.3 is 0 Å². The maximum atomic E-state index is 9.83. The van der Waals surface area contributed by atoms with Crippen molar-refractivity contribution in [1.82, 2.24) is 0 Å². The highest BCUT2D eigenvalue weighted by Gasteiger charge is 2.11. The van der Waals surface area contributed by atoms with Crippen LogP contribution in [0.15, 0.2) is 0 Å². The predicted octanol–water partition coefficient (Wildman–Crippen LogP) is 1.00. The lowest BCUT2D eigenvalue weighted by atomic mass is 10.1. The van der Waals surface area contributed by atoms with Crippen LogP contribution in [0.1, 0.15) is 20.8 Å². The van der Waals surface area contributed by atoms with Crippen molar-refractivity contribution in [2.45, 2.75) is 26.4 Å². The molecule has 0 unspecified atom stereocenters. The smallest absolute Gasteiger partial charge is 0.192 e. The molecule has 0 bridgehead atoms. The maximum absolute atomic E-state index is 9.83. The van der Waals surface area contributed by atoms with E-state index in [0.29, 0.717) is 12.9 Å². The third-order valence-corrected chi connectivity index (χ3v) is 0.937. The fourth-order valence-corrected chi connectivity index (χ4v) is 0.600. The van der Waals surface area contributed by atoms with Crippen molar-refractivity contribution in [3.63, 3.8) is 0 Å². The lowest BCUT2D eigenvalue weighted by molar-refractivity contribution is -0.103. The predicted molar refractivity (Wildman–Crippen MR) is 39.5 cm³/mol. The van der Waals surface area contributed by atoms with E-state index >= 15 is 0 Å². The summed E-state index contributed by atoms with van der Waals surface area (Å²) in [5, 5.41) is 0. The zero-order chi connectivity index (χ0) is 8.04. The Balaban J connectivity index is 3.97. The Hall–Kier alpha value is -0.810. The van der Waals surface area contributed by atoms with Gasteiger partial charge in [-0.2, -0.15) is 0 Å². The summed E-state index contributed by atoms with van der Waals surface area (Å²) in [6, 6.07) is 0. The Bertz CT molecular complexity index is 160. The molecule has 0 saturated carbocycles. The molecule has 0 N–H and O–H groups in total. The molecule has 0 rings (SSSR count). The Morgan fingerprint density at radius 1 is 1.60 bits per heavy atom. The van der Waals surface area contributed by atoms with Crippen LogP contribution >= 0.6 is 0 Å². The summed E-state index contributed by atoms with van der Waals surface area (Å²) in [5.74, 6) is 4.99. The molecule has 2 heteroatoms. The van der Waals surface area contributed by atoms with Crippen LogP contribution < -0.4 is 0 Å². The second-order valence-electron chi connectivity index (χ2n) is 2.33. The van der Waals surface area contributed by atoms with E-state index in [1.807, 2.05) is 20.8 Å². The van der Waals surface area contributed by atoms with Gasteiger partial charge in [-0.15, -0.1) is 0 Å². The van der Waals surface area contributed by atoms with Crippen LogP contribution in [0, 0.1) is 11.8 Å². The van der Waals surface area contributed by atoms with E-state index in [2.05, 4.69) is 11.8 Å². The second-order valence-corrected chi connectivity index (χ2v) is 2.33. The maximum Gasteiger partial charge on any atom is 0.192 e. The highest BCUT2D eigenvalue weighted by Crippen LogP contribution is 2.05. The summed E-state index contributed by atoms with van der Waals surface area (Å²) < 4.78 is 5.20. The topological polar surface area (TPSA) is 26.3 Å². The van der Waals surface area contributed by atoms with Gasteiger partial charge in [0, 0.05) is 6.61 Å². The molecule has 10 heavy (non-hydrogen) atoms. The number of hydrogen-bond donors (Lipinski definition) is 0. The zero-order valence-corrected chi connectivity index (χ0v) is 6.60. The van der Waals surface area contributed by atoms with Crippen molar-refractivity contribution < 1.29 is 9.53 Å². The van der Waals surface area contributed by atoms with Crippen molar-refractivity contribution in [2.75, 3.05) is 6.61 Å². The van der Waals surface area contributed by atoms with Gasteiger partial charge < -0.3 is 4.74 Å². The van der Waals surface area contributed by atoms with Crippen LogP contribution in [0.2, 0.25) is 0 Å². The molecule has 0 radical (unpaired) electrons. The number of ether oxygens (including phenoxy) is 1. The molecule has 0 aromatic heterocycles. The molecule has 0 aromatic carbocycles. The highest BCUT2D eigenvalue weighted by atomic mass is 16.5. The van der Waals surface area contributed by atoms with Gasteiger partial charge in [0.05, 0.1) is 0 Å². The molecule has 0 amide bonds. The van der Waals surface area contributed by atoms with Gasteiger partial charge in [-0.1, -0.05) is 5.92 Å². The molecule has 56 valence electrons.